The normalized spacial score (nSPS) is 19.7. The van der Waals surface area contributed by atoms with Crippen LogP contribution >= 0.6 is 0 Å². The second-order valence-electron chi connectivity index (χ2n) is 5.94. The van der Waals surface area contributed by atoms with Crippen LogP contribution in [-0.2, 0) is 11.2 Å². The van der Waals surface area contributed by atoms with E-state index in [-0.39, 0.29) is 6.42 Å². The van der Waals surface area contributed by atoms with Crippen molar-refractivity contribution in [3.63, 3.8) is 0 Å². The van der Waals surface area contributed by atoms with Crippen LogP contribution in [0.15, 0.2) is 48.5 Å². The summed E-state index contributed by atoms with van der Waals surface area (Å²) in [5.74, 6) is -0.838. The zero-order valence-electron chi connectivity index (χ0n) is 13.7. The van der Waals surface area contributed by atoms with Gasteiger partial charge in [-0.05, 0) is 41.8 Å². The van der Waals surface area contributed by atoms with E-state index in [9.17, 15) is 26.7 Å². The predicted molar refractivity (Wildman–Crippen MR) is 84.3 cm³/mol. The highest BCUT2D eigenvalue weighted by atomic mass is 19.3. The zero-order chi connectivity index (χ0) is 19.6. The van der Waals surface area contributed by atoms with Crippen LogP contribution in [0.4, 0.5) is 26.7 Å². The van der Waals surface area contributed by atoms with Crippen molar-refractivity contribution in [2.75, 3.05) is 0 Å². The molecule has 0 spiro atoms. The minimum absolute atomic E-state index is 0.277. The third kappa shape index (κ3) is 4.47. The SMILES string of the molecule is O=C1NC(Cc2ccc(OC(F)(F)C(F)F)cc2)C(c2ccc(F)cc2)O1. The molecule has 1 saturated heterocycles. The van der Waals surface area contributed by atoms with Crippen molar-refractivity contribution in [1.29, 1.82) is 0 Å². The van der Waals surface area contributed by atoms with Gasteiger partial charge in [-0.3, -0.25) is 0 Å². The lowest BCUT2D eigenvalue weighted by Gasteiger charge is -2.19. The highest BCUT2D eigenvalue weighted by Crippen LogP contribution is 2.30. The molecule has 2 aromatic carbocycles. The molecule has 144 valence electrons. The molecule has 1 amide bonds. The number of carbonyl (C=O) groups is 1. The van der Waals surface area contributed by atoms with Crippen LogP contribution < -0.4 is 10.1 Å². The van der Waals surface area contributed by atoms with Gasteiger partial charge < -0.3 is 14.8 Å². The summed E-state index contributed by atoms with van der Waals surface area (Å²) in [6, 6.07) is 10.1. The number of benzene rings is 2. The largest absolute Gasteiger partial charge is 0.461 e. The summed E-state index contributed by atoms with van der Waals surface area (Å²) in [4.78, 5) is 11.6. The summed E-state index contributed by atoms with van der Waals surface area (Å²) in [6.07, 6.45) is -9.54. The predicted octanol–water partition coefficient (Wildman–Crippen LogP) is 4.45. The summed E-state index contributed by atoms with van der Waals surface area (Å²) in [5.41, 5.74) is 1.22. The molecule has 2 unspecified atom stereocenters. The first-order valence-corrected chi connectivity index (χ1v) is 7.91. The Hall–Kier alpha value is -2.84. The van der Waals surface area contributed by atoms with Gasteiger partial charge in [0, 0.05) is 0 Å². The van der Waals surface area contributed by atoms with Gasteiger partial charge in [0.05, 0.1) is 6.04 Å². The van der Waals surface area contributed by atoms with Crippen LogP contribution in [0.3, 0.4) is 0 Å². The summed E-state index contributed by atoms with van der Waals surface area (Å²) < 4.78 is 72.4. The van der Waals surface area contributed by atoms with Crippen molar-refractivity contribution in [2.45, 2.75) is 31.1 Å². The Labute approximate surface area is 150 Å². The number of hydrogen-bond donors (Lipinski definition) is 1. The number of halogens is 5. The van der Waals surface area contributed by atoms with Gasteiger partial charge >= 0.3 is 18.6 Å². The van der Waals surface area contributed by atoms with Gasteiger partial charge in [0.25, 0.3) is 0 Å². The molecule has 2 atom stereocenters. The number of alkyl carbamates (subject to hydrolysis) is 1. The molecule has 0 bridgehead atoms. The molecular formula is C18H14F5NO3. The molecule has 1 fully saturated rings. The number of rotatable bonds is 6. The third-order valence-electron chi connectivity index (χ3n) is 3.99. The van der Waals surface area contributed by atoms with E-state index in [4.69, 9.17) is 4.74 Å². The minimum Gasteiger partial charge on any atom is -0.439 e. The number of alkyl halides is 4. The lowest BCUT2D eigenvalue weighted by Crippen LogP contribution is -2.33. The van der Waals surface area contributed by atoms with Gasteiger partial charge in [0.2, 0.25) is 0 Å². The standard InChI is InChI=1S/C18H14F5NO3/c19-12-5-3-11(4-6-12)15-14(24-17(25)26-15)9-10-1-7-13(8-2-10)27-18(22,23)16(20)21/h1-8,14-16H,9H2,(H,24,25). The van der Waals surface area contributed by atoms with Crippen LogP contribution in [0, 0.1) is 5.82 Å². The van der Waals surface area contributed by atoms with Crippen LogP contribution in [0.1, 0.15) is 17.2 Å². The van der Waals surface area contributed by atoms with Gasteiger partial charge in [-0.25, -0.2) is 9.18 Å². The van der Waals surface area contributed by atoms with E-state index in [0.29, 0.717) is 11.1 Å². The molecular weight excluding hydrogens is 373 g/mol. The molecule has 1 N–H and O–H groups in total. The molecule has 0 saturated carbocycles. The van der Waals surface area contributed by atoms with Crippen LogP contribution in [0.25, 0.3) is 0 Å². The maximum absolute atomic E-state index is 13.1. The van der Waals surface area contributed by atoms with Crippen molar-refractivity contribution in [2.24, 2.45) is 0 Å². The molecule has 4 nitrogen and oxygen atoms in total. The Morgan fingerprint density at radius 3 is 2.30 bits per heavy atom. The van der Waals surface area contributed by atoms with Gasteiger partial charge in [-0.1, -0.05) is 24.3 Å². The first-order chi connectivity index (χ1) is 12.7. The fourth-order valence-electron chi connectivity index (χ4n) is 2.72. The van der Waals surface area contributed by atoms with Crippen LogP contribution in [0.2, 0.25) is 0 Å². The fraction of sp³-hybridized carbons (Fsp3) is 0.278. The molecule has 27 heavy (non-hydrogen) atoms. The first-order valence-electron chi connectivity index (χ1n) is 7.91. The van der Waals surface area contributed by atoms with E-state index < -0.39 is 42.3 Å². The van der Waals surface area contributed by atoms with E-state index in [1.54, 1.807) is 0 Å². The monoisotopic (exact) mass is 387 g/mol. The highest BCUT2D eigenvalue weighted by Gasteiger charge is 2.44. The van der Waals surface area contributed by atoms with E-state index in [0.717, 1.165) is 12.1 Å². The summed E-state index contributed by atoms with van der Waals surface area (Å²) >= 11 is 0. The van der Waals surface area contributed by atoms with Crippen molar-refractivity contribution in [3.05, 3.63) is 65.5 Å². The molecule has 1 aliphatic rings. The van der Waals surface area contributed by atoms with Crippen molar-refractivity contribution in [3.8, 4) is 5.75 Å². The maximum atomic E-state index is 13.1. The average molecular weight is 387 g/mol. The van der Waals surface area contributed by atoms with Gasteiger partial charge in [-0.2, -0.15) is 17.6 Å². The number of ether oxygens (including phenoxy) is 2. The van der Waals surface area contributed by atoms with E-state index >= 15 is 0 Å². The number of carbonyl (C=O) groups excluding carboxylic acids is 1. The van der Waals surface area contributed by atoms with E-state index in [1.807, 2.05) is 0 Å². The Kier molecular flexibility index (Phi) is 5.20. The van der Waals surface area contributed by atoms with Crippen molar-refractivity contribution >= 4 is 6.09 Å². The zero-order valence-corrected chi connectivity index (χ0v) is 13.7. The van der Waals surface area contributed by atoms with Gasteiger partial charge in [-0.15, -0.1) is 0 Å². The Balaban J connectivity index is 1.70. The topological polar surface area (TPSA) is 47.6 Å². The second kappa shape index (κ2) is 7.42. The minimum atomic E-state index is -4.58. The Bertz CT molecular complexity index is 796. The number of cyclic esters (lactones) is 1. The van der Waals surface area contributed by atoms with Gasteiger partial charge in [0.15, 0.2) is 0 Å². The van der Waals surface area contributed by atoms with E-state index in [1.165, 1.54) is 36.4 Å². The summed E-state index contributed by atoms with van der Waals surface area (Å²) in [5, 5.41) is 2.63. The molecule has 0 radical (unpaired) electrons. The fourth-order valence-corrected chi connectivity index (χ4v) is 2.72. The first kappa shape index (κ1) is 18.9. The number of nitrogens with one attached hydrogen (secondary N) is 1. The molecule has 3 rings (SSSR count). The molecule has 1 aliphatic heterocycles. The summed E-state index contributed by atoms with van der Waals surface area (Å²) in [7, 11) is 0. The Morgan fingerprint density at radius 1 is 1.07 bits per heavy atom. The van der Waals surface area contributed by atoms with Crippen LogP contribution in [-0.4, -0.2) is 24.7 Å². The molecule has 1 heterocycles. The molecule has 0 aromatic heterocycles. The lowest BCUT2D eigenvalue weighted by atomic mass is 9.97. The quantitative estimate of drug-likeness (QED) is 0.745. The number of amides is 1. The third-order valence-corrected chi connectivity index (χ3v) is 3.99. The Morgan fingerprint density at radius 2 is 1.70 bits per heavy atom. The van der Waals surface area contributed by atoms with Gasteiger partial charge in [0.1, 0.15) is 17.7 Å². The average Bonchev–Trinajstić information content (AvgIpc) is 2.97. The molecule has 2 aromatic rings. The van der Waals surface area contributed by atoms with Crippen LogP contribution in [0.5, 0.6) is 5.75 Å². The van der Waals surface area contributed by atoms with Crippen molar-refractivity contribution in [1.82, 2.24) is 5.32 Å². The van der Waals surface area contributed by atoms with Crippen molar-refractivity contribution < 1.29 is 36.2 Å². The maximum Gasteiger partial charge on any atom is 0.461 e. The summed E-state index contributed by atoms with van der Waals surface area (Å²) in [6.45, 7) is 0. The van der Waals surface area contributed by atoms with E-state index in [2.05, 4.69) is 10.1 Å². The molecule has 9 heteroatoms. The lowest BCUT2D eigenvalue weighted by molar-refractivity contribution is -0.253. The second-order valence-corrected chi connectivity index (χ2v) is 5.94. The highest BCUT2D eigenvalue weighted by molar-refractivity contribution is 5.70. The smallest absolute Gasteiger partial charge is 0.439 e. The molecule has 0 aliphatic carbocycles. The number of hydrogen-bond acceptors (Lipinski definition) is 3.